The van der Waals surface area contributed by atoms with E-state index in [-0.39, 0.29) is 5.91 Å². The molecule has 1 heterocycles. The van der Waals surface area contributed by atoms with Crippen molar-refractivity contribution >= 4 is 11.6 Å². The zero-order chi connectivity index (χ0) is 12.0. The molecule has 0 unspecified atom stereocenters. The van der Waals surface area contributed by atoms with Crippen molar-refractivity contribution in [2.24, 2.45) is 0 Å². The van der Waals surface area contributed by atoms with Gasteiger partial charge in [-0.25, -0.2) is 0 Å². The van der Waals surface area contributed by atoms with Crippen LogP contribution in [0.5, 0.6) is 0 Å². The van der Waals surface area contributed by atoms with Gasteiger partial charge in [-0.1, -0.05) is 6.92 Å². The Hall–Kier alpha value is -1.58. The van der Waals surface area contributed by atoms with E-state index in [0.717, 1.165) is 25.2 Å². The summed E-state index contributed by atoms with van der Waals surface area (Å²) in [7, 11) is 1.83. The van der Waals surface area contributed by atoms with Crippen molar-refractivity contribution in [1.82, 2.24) is 9.88 Å². The Morgan fingerprint density at radius 2 is 2.25 bits per heavy atom. The first kappa shape index (κ1) is 12.5. The fourth-order valence-corrected chi connectivity index (χ4v) is 1.54. The number of rotatable bonds is 5. The maximum absolute atomic E-state index is 12.1. The average molecular weight is 221 g/mol. The molecule has 4 heteroatoms. The van der Waals surface area contributed by atoms with E-state index >= 15 is 0 Å². The minimum absolute atomic E-state index is 0.00134. The molecule has 0 aromatic carbocycles. The summed E-state index contributed by atoms with van der Waals surface area (Å²) in [5.74, 6) is 0.00134. The van der Waals surface area contributed by atoms with Crippen molar-refractivity contribution in [2.45, 2.75) is 20.3 Å². The molecule has 0 radical (unpaired) electrons. The van der Waals surface area contributed by atoms with Crippen LogP contribution in [0.4, 0.5) is 5.69 Å². The van der Waals surface area contributed by atoms with Gasteiger partial charge in [-0.05, 0) is 25.5 Å². The van der Waals surface area contributed by atoms with Gasteiger partial charge in [0.1, 0.15) is 5.69 Å². The van der Waals surface area contributed by atoms with Crippen molar-refractivity contribution in [2.75, 3.05) is 25.5 Å². The zero-order valence-electron chi connectivity index (χ0n) is 10.2. The van der Waals surface area contributed by atoms with Crippen molar-refractivity contribution < 1.29 is 4.79 Å². The normalized spacial score (nSPS) is 9.94. The van der Waals surface area contributed by atoms with E-state index in [4.69, 9.17) is 0 Å². The summed E-state index contributed by atoms with van der Waals surface area (Å²) < 4.78 is 0. The molecule has 1 N–H and O–H groups in total. The lowest BCUT2D eigenvalue weighted by molar-refractivity contribution is 0.0758. The second kappa shape index (κ2) is 6.10. The molecular formula is C12H19N3O. The Balaban J connectivity index is 2.85. The molecule has 0 bridgehead atoms. The minimum atomic E-state index is 0.00134. The van der Waals surface area contributed by atoms with Crippen LogP contribution in [0.3, 0.4) is 0 Å². The summed E-state index contributed by atoms with van der Waals surface area (Å²) in [5.41, 5.74) is 1.41. The van der Waals surface area contributed by atoms with E-state index < -0.39 is 0 Å². The number of pyridine rings is 1. The Kier molecular flexibility index (Phi) is 4.76. The molecule has 0 aliphatic rings. The van der Waals surface area contributed by atoms with Crippen molar-refractivity contribution in [3.8, 4) is 0 Å². The first-order valence-corrected chi connectivity index (χ1v) is 5.66. The fraction of sp³-hybridized carbons (Fsp3) is 0.500. The van der Waals surface area contributed by atoms with Crippen LogP contribution in [0, 0.1) is 0 Å². The third kappa shape index (κ3) is 2.95. The van der Waals surface area contributed by atoms with Crippen LogP contribution in [0.25, 0.3) is 0 Å². The van der Waals surface area contributed by atoms with Gasteiger partial charge in [-0.2, -0.15) is 0 Å². The molecule has 1 amide bonds. The van der Waals surface area contributed by atoms with E-state index in [1.165, 1.54) is 0 Å². The third-order valence-corrected chi connectivity index (χ3v) is 2.43. The van der Waals surface area contributed by atoms with Crippen LogP contribution in [-0.4, -0.2) is 35.9 Å². The Morgan fingerprint density at radius 3 is 2.81 bits per heavy atom. The van der Waals surface area contributed by atoms with Crippen LogP contribution in [0.1, 0.15) is 30.8 Å². The molecule has 0 saturated carbocycles. The molecule has 0 fully saturated rings. The van der Waals surface area contributed by atoms with Crippen LogP contribution >= 0.6 is 0 Å². The van der Waals surface area contributed by atoms with Crippen molar-refractivity contribution in [1.29, 1.82) is 0 Å². The molecule has 1 aromatic rings. The molecule has 1 aromatic heterocycles. The molecule has 0 atom stereocenters. The summed E-state index contributed by atoms with van der Waals surface area (Å²) in [6, 6.07) is 3.62. The number of hydrogen-bond donors (Lipinski definition) is 1. The smallest absolute Gasteiger partial charge is 0.272 e. The first-order chi connectivity index (χ1) is 7.72. The average Bonchev–Trinajstić information content (AvgIpc) is 2.35. The maximum Gasteiger partial charge on any atom is 0.272 e. The number of carbonyl (C=O) groups is 1. The topological polar surface area (TPSA) is 45.2 Å². The maximum atomic E-state index is 12.1. The van der Waals surface area contributed by atoms with Gasteiger partial charge in [0, 0.05) is 32.0 Å². The van der Waals surface area contributed by atoms with E-state index in [1.807, 2.05) is 24.9 Å². The summed E-state index contributed by atoms with van der Waals surface area (Å²) in [4.78, 5) is 18.0. The molecule has 4 nitrogen and oxygen atoms in total. The number of anilines is 1. The molecule has 0 spiro atoms. The Bertz CT molecular complexity index is 352. The van der Waals surface area contributed by atoms with E-state index in [2.05, 4.69) is 17.2 Å². The number of nitrogens with zero attached hydrogens (tertiary/aromatic N) is 2. The number of amides is 1. The zero-order valence-corrected chi connectivity index (χ0v) is 10.2. The van der Waals surface area contributed by atoms with Gasteiger partial charge < -0.3 is 10.2 Å². The molecule has 88 valence electrons. The molecule has 1 rings (SSSR count). The number of hydrogen-bond acceptors (Lipinski definition) is 3. The molecule has 0 aliphatic carbocycles. The summed E-state index contributed by atoms with van der Waals surface area (Å²) in [6.07, 6.45) is 2.62. The van der Waals surface area contributed by atoms with Gasteiger partial charge in [0.2, 0.25) is 0 Å². The van der Waals surface area contributed by atoms with Crippen LogP contribution < -0.4 is 5.32 Å². The molecular weight excluding hydrogens is 202 g/mol. The second-order valence-electron chi connectivity index (χ2n) is 3.56. The van der Waals surface area contributed by atoms with Gasteiger partial charge >= 0.3 is 0 Å². The fourth-order valence-electron chi connectivity index (χ4n) is 1.54. The van der Waals surface area contributed by atoms with E-state index in [1.54, 1.807) is 12.3 Å². The third-order valence-electron chi connectivity index (χ3n) is 2.43. The predicted octanol–water partition coefficient (Wildman–Crippen LogP) is 2.00. The largest absolute Gasteiger partial charge is 0.388 e. The lowest BCUT2D eigenvalue weighted by Gasteiger charge is -2.19. The van der Waals surface area contributed by atoms with Gasteiger partial charge in [-0.3, -0.25) is 9.78 Å². The summed E-state index contributed by atoms with van der Waals surface area (Å²) in [5, 5.41) is 3.00. The molecule has 0 saturated heterocycles. The number of carbonyl (C=O) groups excluding carboxylic acids is 1. The molecule has 0 aliphatic heterocycles. The quantitative estimate of drug-likeness (QED) is 0.827. The van der Waals surface area contributed by atoms with Gasteiger partial charge in [0.15, 0.2) is 0 Å². The lowest BCUT2D eigenvalue weighted by Crippen LogP contribution is -2.32. The van der Waals surface area contributed by atoms with Crippen LogP contribution in [0.2, 0.25) is 0 Å². The Labute approximate surface area is 96.7 Å². The predicted molar refractivity (Wildman–Crippen MR) is 65.7 cm³/mol. The van der Waals surface area contributed by atoms with Gasteiger partial charge in [-0.15, -0.1) is 0 Å². The molecule has 16 heavy (non-hydrogen) atoms. The highest BCUT2D eigenvalue weighted by molar-refractivity contribution is 5.93. The van der Waals surface area contributed by atoms with Gasteiger partial charge in [0.05, 0.1) is 0 Å². The summed E-state index contributed by atoms with van der Waals surface area (Å²) in [6.45, 7) is 5.54. The van der Waals surface area contributed by atoms with Gasteiger partial charge in [0.25, 0.3) is 5.91 Å². The standard InChI is InChI=1S/C12H19N3O/c1-4-8-15(5-2)12(16)11-9-10(13-3)6-7-14-11/h6-7,9H,4-5,8H2,1-3H3,(H,13,14). The second-order valence-corrected chi connectivity index (χ2v) is 3.56. The number of nitrogens with one attached hydrogen (secondary N) is 1. The SMILES string of the molecule is CCCN(CC)C(=O)c1cc(NC)ccn1. The summed E-state index contributed by atoms with van der Waals surface area (Å²) >= 11 is 0. The highest BCUT2D eigenvalue weighted by atomic mass is 16.2. The highest BCUT2D eigenvalue weighted by Crippen LogP contribution is 2.09. The van der Waals surface area contributed by atoms with E-state index in [9.17, 15) is 4.79 Å². The van der Waals surface area contributed by atoms with E-state index in [0.29, 0.717) is 5.69 Å². The minimum Gasteiger partial charge on any atom is -0.388 e. The monoisotopic (exact) mass is 221 g/mol. The lowest BCUT2D eigenvalue weighted by atomic mass is 10.2. The first-order valence-electron chi connectivity index (χ1n) is 5.66. The number of aromatic nitrogens is 1. The van der Waals surface area contributed by atoms with Crippen LogP contribution in [-0.2, 0) is 0 Å². The van der Waals surface area contributed by atoms with Crippen LogP contribution in [0.15, 0.2) is 18.3 Å². The van der Waals surface area contributed by atoms with Crippen molar-refractivity contribution in [3.05, 3.63) is 24.0 Å². The van der Waals surface area contributed by atoms with Crippen molar-refractivity contribution in [3.63, 3.8) is 0 Å². The highest BCUT2D eigenvalue weighted by Gasteiger charge is 2.14. The Morgan fingerprint density at radius 1 is 1.50 bits per heavy atom.